The Morgan fingerprint density at radius 3 is 1.46 bits per heavy atom. The number of aromatic nitrogens is 1. The molecule has 0 saturated heterocycles. The first-order valence-corrected chi connectivity index (χ1v) is 12.8. The minimum absolute atomic E-state index is 0.646. The number of para-hydroxylation sites is 2. The van der Waals surface area contributed by atoms with Gasteiger partial charge in [-0.1, -0.05) is 97.1 Å². The number of nitrogens with zero attached hydrogens (tertiary/aromatic N) is 1. The molecule has 0 N–H and O–H groups in total. The second kappa shape index (κ2) is 8.88. The molecule has 0 saturated carbocycles. The average molecular weight is 514 g/mol. The van der Waals surface area contributed by atoms with Crippen LogP contribution in [0.2, 0.25) is 0 Å². The minimum Gasteiger partial charge on any atom is -0.309 e. The lowest BCUT2D eigenvalue weighted by Gasteiger charge is -2.14. The van der Waals surface area contributed by atoms with Gasteiger partial charge in [-0.15, -0.1) is 0 Å². The van der Waals surface area contributed by atoms with E-state index in [1.54, 1.807) is 12.1 Å². The SMILES string of the molecule is FC(F)(F)c1ccc(-c2cccc3cccc(-c4ccc(-n5c6ccccc6c6ccccc65)cc4)c23)cc1. The van der Waals surface area contributed by atoms with Gasteiger partial charge in [-0.25, -0.2) is 0 Å². The number of alkyl halides is 3. The van der Waals surface area contributed by atoms with Crippen molar-refractivity contribution in [2.24, 2.45) is 0 Å². The summed E-state index contributed by atoms with van der Waals surface area (Å²) in [4.78, 5) is 0. The third kappa shape index (κ3) is 3.88. The summed E-state index contributed by atoms with van der Waals surface area (Å²) in [7, 11) is 0. The smallest absolute Gasteiger partial charge is 0.309 e. The number of hydrogen-bond acceptors (Lipinski definition) is 0. The van der Waals surface area contributed by atoms with Gasteiger partial charge < -0.3 is 4.57 Å². The molecule has 1 nitrogen and oxygen atoms in total. The van der Waals surface area contributed by atoms with E-state index >= 15 is 0 Å². The molecule has 0 unspecified atom stereocenters. The largest absolute Gasteiger partial charge is 0.416 e. The Kier molecular flexibility index (Phi) is 5.31. The molecule has 0 atom stereocenters. The highest BCUT2D eigenvalue weighted by Crippen LogP contribution is 2.39. The van der Waals surface area contributed by atoms with Gasteiger partial charge in [0, 0.05) is 16.5 Å². The van der Waals surface area contributed by atoms with Crippen LogP contribution in [-0.4, -0.2) is 4.57 Å². The van der Waals surface area contributed by atoms with Crippen molar-refractivity contribution in [3.05, 3.63) is 139 Å². The van der Waals surface area contributed by atoms with E-state index in [0.717, 1.165) is 61.9 Å². The maximum Gasteiger partial charge on any atom is 0.416 e. The predicted octanol–water partition coefficient (Wildman–Crippen LogP) is 10.3. The van der Waals surface area contributed by atoms with Gasteiger partial charge in [0.2, 0.25) is 0 Å². The van der Waals surface area contributed by atoms with E-state index < -0.39 is 11.7 Å². The Labute approximate surface area is 223 Å². The lowest BCUT2D eigenvalue weighted by atomic mass is 9.91. The van der Waals surface area contributed by atoms with Crippen LogP contribution in [0.3, 0.4) is 0 Å². The summed E-state index contributed by atoms with van der Waals surface area (Å²) in [6, 6.07) is 42.9. The molecular formula is C35H22F3N. The topological polar surface area (TPSA) is 4.93 Å². The van der Waals surface area contributed by atoms with Crippen molar-refractivity contribution in [3.8, 4) is 27.9 Å². The summed E-state index contributed by atoms with van der Waals surface area (Å²) in [5.41, 5.74) is 6.47. The zero-order valence-corrected chi connectivity index (χ0v) is 20.8. The Balaban J connectivity index is 1.36. The molecule has 0 aliphatic heterocycles. The van der Waals surface area contributed by atoms with Gasteiger partial charge in [-0.3, -0.25) is 0 Å². The number of hydrogen-bond donors (Lipinski definition) is 0. The number of rotatable bonds is 3. The normalized spacial score (nSPS) is 12.0. The first-order valence-electron chi connectivity index (χ1n) is 12.8. The molecule has 0 spiro atoms. The van der Waals surface area contributed by atoms with Crippen LogP contribution < -0.4 is 0 Å². The first-order chi connectivity index (χ1) is 19.0. The highest BCUT2D eigenvalue weighted by atomic mass is 19.4. The maximum atomic E-state index is 13.2. The van der Waals surface area contributed by atoms with Crippen molar-refractivity contribution in [1.29, 1.82) is 0 Å². The molecule has 0 radical (unpaired) electrons. The molecule has 39 heavy (non-hydrogen) atoms. The number of halogens is 3. The Hall–Kier alpha value is -4.83. The van der Waals surface area contributed by atoms with E-state index in [4.69, 9.17) is 0 Å². The summed E-state index contributed by atoms with van der Waals surface area (Å²) < 4.78 is 41.8. The molecule has 0 amide bonds. The van der Waals surface area contributed by atoms with Gasteiger partial charge in [-0.05, 0) is 69.4 Å². The molecule has 7 rings (SSSR count). The lowest BCUT2D eigenvalue weighted by molar-refractivity contribution is -0.137. The highest BCUT2D eigenvalue weighted by molar-refractivity contribution is 6.09. The monoisotopic (exact) mass is 513 g/mol. The second-order valence-corrected chi connectivity index (χ2v) is 9.70. The summed E-state index contributed by atoms with van der Waals surface area (Å²) >= 11 is 0. The van der Waals surface area contributed by atoms with Crippen molar-refractivity contribution in [3.63, 3.8) is 0 Å². The lowest BCUT2D eigenvalue weighted by Crippen LogP contribution is -2.04. The summed E-state index contributed by atoms with van der Waals surface area (Å²) in [5, 5.41) is 4.49. The Morgan fingerprint density at radius 1 is 0.462 bits per heavy atom. The van der Waals surface area contributed by atoms with Gasteiger partial charge in [0.05, 0.1) is 16.6 Å². The van der Waals surface area contributed by atoms with E-state index in [1.165, 1.54) is 10.8 Å². The van der Waals surface area contributed by atoms with Crippen molar-refractivity contribution < 1.29 is 13.2 Å². The number of fused-ring (bicyclic) bond motifs is 4. The van der Waals surface area contributed by atoms with Crippen molar-refractivity contribution in [2.45, 2.75) is 6.18 Å². The minimum atomic E-state index is -4.36. The van der Waals surface area contributed by atoms with Crippen molar-refractivity contribution in [1.82, 2.24) is 4.57 Å². The Morgan fingerprint density at radius 2 is 0.949 bits per heavy atom. The quantitative estimate of drug-likeness (QED) is 0.221. The first kappa shape index (κ1) is 23.3. The van der Waals surface area contributed by atoms with Crippen LogP contribution in [0.25, 0.3) is 60.5 Å². The van der Waals surface area contributed by atoms with Crippen molar-refractivity contribution >= 4 is 32.6 Å². The fraction of sp³-hybridized carbons (Fsp3) is 0.0286. The van der Waals surface area contributed by atoms with Gasteiger partial charge in [0.15, 0.2) is 0 Å². The summed E-state index contributed by atoms with van der Waals surface area (Å²) in [6.45, 7) is 0. The van der Waals surface area contributed by atoms with E-state index in [9.17, 15) is 13.2 Å². The zero-order valence-electron chi connectivity index (χ0n) is 20.8. The van der Waals surface area contributed by atoms with Crippen LogP contribution >= 0.6 is 0 Å². The average Bonchev–Trinajstić information content (AvgIpc) is 3.31. The molecule has 188 valence electrons. The molecule has 0 aliphatic carbocycles. The van der Waals surface area contributed by atoms with Crippen LogP contribution in [0.15, 0.2) is 133 Å². The zero-order chi connectivity index (χ0) is 26.6. The fourth-order valence-corrected chi connectivity index (χ4v) is 5.65. The molecular weight excluding hydrogens is 491 g/mol. The van der Waals surface area contributed by atoms with Gasteiger partial charge >= 0.3 is 6.18 Å². The number of benzene rings is 6. The highest BCUT2D eigenvalue weighted by Gasteiger charge is 2.30. The van der Waals surface area contributed by atoms with E-state index in [-0.39, 0.29) is 0 Å². The van der Waals surface area contributed by atoms with Crippen LogP contribution in [0.5, 0.6) is 0 Å². The van der Waals surface area contributed by atoms with Gasteiger partial charge in [-0.2, -0.15) is 13.2 Å². The second-order valence-electron chi connectivity index (χ2n) is 9.70. The van der Waals surface area contributed by atoms with Crippen LogP contribution in [0.1, 0.15) is 5.56 Å². The molecule has 7 aromatic rings. The molecule has 1 aromatic heterocycles. The predicted molar refractivity (Wildman–Crippen MR) is 154 cm³/mol. The van der Waals surface area contributed by atoms with Crippen LogP contribution in [0, 0.1) is 0 Å². The van der Waals surface area contributed by atoms with E-state index in [0.29, 0.717) is 0 Å². The van der Waals surface area contributed by atoms with E-state index in [2.05, 4.69) is 83.4 Å². The van der Waals surface area contributed by atoms with Crippen LogP contribution in [0.4, 0.5) is 13.2 Å². The van der Waals surface area contributed by atoms with Crippen LogP contribution in [-0.2, 0) is 6.18 Å². The molecule has 0 aliphatic rings. The van der Waals surface area contributed by atoms with E-state index in [1.807, 2.05) is 30.3 Å². The Bertz CT molecular complexity index is 1920. The maximum absolute atomic E-state index is 13.2. The molecule has 0 bridgehead atoms. The third-order valence-electron chi connectivity index (χ3n) is 7.44. The van der Waals surface area contributed by atoms with Crippen molar-refractivity contribution in [2.75, 3.05) is 0 Å². The molecule has 4 heteroatoms. The summed E-state index contributed by atoms with van der Waals surface area (Å²) in [5.74, 6) is 0. The molecule has 0 fully saturated rings. The summed E-state index contributed by atoms with van der Waals surface area (Å²) in [6.07, 6.45) is -4.36. The molecule has 6 aromatic carbocycles. The standard InChI is InChI=1S/C35H22F3N/c36-35(37,38)26-19-15-23(16-20-26)28-11-5-7-25-8-6-12-29(34(25)28)24-17-21-27(22-18-24)39-32-13-3-1-9-30(32)31-10-2-4-14-33(31)39/h1-22H. The van der Waals surface area contributed by atoms with Gasteiger partial charge in [0.1, 0.15) is 0 Å². The molecule has 1 heterocycles. The fourth-order valence-electron chi connectivity index (χ4n) is 5.65. The van der Waals surface area contributed by atoms with Gasteiger partial charge in [0.25, 0.3) is 0 Å². The third-order valence-corrected chi connectivity index (χ3v) is 7.44.